The Balaban J connectivity index is 1.93. The first-order valence-corrected chi connectivity index (χ1v) is 9.65. The molecule has 144 valence electrons. The molecule has 4 heteroatoms. The normalized spacial score (nSPS) is 18.6. The van der Waals surface area contributed by atoms with Crippen LogP contribution >= 0.6 is 0 Å². The number of anilines is 2. The number of hydrogen-bond acceptors (Lipinski definition) is 3. The van der Waals surface area contributed by atoms with Crippen LogP contribution in [0.5, 0.6) is 0 Å². The Labute approximate surface area is 162 Å². The molecule has 0 fully saturated rings. The van der Waals surface area contributed by atoms with Crippen LogP contribution in [0, 0.1) is 5.82 Å². The van der Waals surface area contributed by atoms with Crippen LogP contribution in [-0.4, -0.2) is 32.4 Å². The van der Waals surface area contributed by atoms with E-state index in [0.29, 0.717) is 11.5 Å². The summed E-state index contributed by atoms with van der Waals surface area (Å²) in [5.74, 6) is 0.177. The number of rotatable bonds is 4. The minimum atomic E-state index is -0.217. The van der Waals surface area contributed by atoms with Gasteiger partial charge in [-0.15, -0.1) is 0 Å². The molecule has 1 atom stereocenters. The predicted molar refractivity (Wildman–Crippen MR) is 115 cm³/mol. The van der Waals surface area contributed by atoms with Crippen molar-refractivity contribution >= 4 is 23.3 Å². The SMILES string of the molecule is CCN1c2cc(F)c(C=Nc3ccc(N(C)C)cc3)cc2C(C)CC1(C)C. The summed E-state index contributed by atoms with van der Waals surface area (Å²) >= 11 is 0. The van der Waals surface area contributed by atoms with Gasteiger partial charge in [0.1, 0.15) is 5.82 Å². The van der Waals surface area contributed by atoms with Gasteiger partial charge in [-0.2, -0.15) is 0 Å². The topological polar surface area (TPSA) is 18.8 Å². The number of fused-ring (bicyclic) bond motifs is 1. The minimum Gasteiger partial charge on any atom is -0.378 e. The molecule has 27 heavy (non-hydrogen) atoms. The lowest BCUT2D eigenvalue weighted by atomic mass is 9.79. The van der Waals surface area contributed by atoms with E-state index in [1.807, 2.05) is 49.3 Å². The fourth-order valence-corrected chi connectivity index (χ4v) is 4.20. The second kappa shape index (κ2) is 7.34. The second-order valence-electron chi connectivity index (χ2n) is 8.26. The predicted octanol–water partition coefficient (Wildman–Crippen LogP) is 5.75. The van der Waals surface area contributed by atoms with E-state index in [4.69, 9.17) is 0 Å². The summed E-state index contributed by atoms with van der Waals surface area (Å²) < 4.78 is 14.8. The van der Waals surface area contributed by atoms with Crippen molar-refractivity contribution in [3.05, 3.63) is 53.3 Å². The Hall–Kier alpha value is -2.36. The molecule has 0 N–H and O–H groups in total. The number of benzene rings is 2. The maximum Gasteiger partial charge on any atom is 0.134 e. The van der Waals surface area contributed by atoms with Crippen molar-refractivity contribution in [2.45, 2.75) is 45.6 Å². The lowest BCUT2D eigenvalue weighted by Crippen LogP contribution is -2.48. The van der Waals surface area contributed by atoms with Crippen LogP contribution in [-0.2, 0) is 0 Å². The highest BCUT2D eigenvalue weighted by Gasteiger charge is 2.36. The van der Waals surface area contributed by atoms with E-state index in [9.17, 15) is 4.39 Å². The molecule has 0 spiro atoms. The summed E-state index contributed by atoms with van der Waals surface area (Å²) in [5, 5.41) is 0. The molecule has 1 heterocycles. The van der Waals surface area contributed by atoms with Gasteiger partial charge in [0.25, 0.3) is 0 Å². The van der Waals surface area contributed by atoms with Crippen LogP contribution < -0.4 is 9.80 Å². The van der Waals surface area contributed by atoms with Crippen LogP contribution in [0.2, 0.25) is 0 Å². The van der Waals surface area contributed by atoms with Crippen molar-refractivity contribution in [3.8, 4) is 0 Å². The molecule has 0 radical (unpaired) electrons. The van der Waals surface area contributed by atoms with E-state index in [2.05, 4.69) is 37.6 Å². The van der Waals surface area contributed by atoms with E-state index in [1.165, 1.54) is 5.56 Å². The highest BCUT2D eigenvalue weighted by atomic mass is 19.1. The Morgan fingerprint density at radius 1 is 1.22 bits per heavy atom. The molecule has 2 aromatic rings. The first-order chi connectivity index (χ1) is 12.7. The molecule has 0 saturated carbocycles. The van der Waals surface area contributed by atoms with Crippen molar-refractivity contribution in [2.75, 3.05) is 30.4 Å². The van der Waals surface area contributed by atoms with Crippen LogP contribution in [0.4, 0.5) is 21.5 Å². The molecule has 0 bridgehead atoms. The third-order valence-corrected chi connectivity index (χ3v) is 5.54. The molecule has 0 saturated heterocycles. The zero-order valence-corrected chi connectivity index (χ0v) is 17.3. The van der Waals surface area contributed by atoms with Crippen molar-refractivity contribution in [1.82, 2.24) is 0 Å². The number of hydrogen-bond donors (Lipinski definition) is 0. The van der Waals surface area contributed by atoms with Gasteiger partial charge in [0.05, 0.1) is 5.69 Å². The smallest absolute Gasteiger partial charge is 0.134 e. The maximum absolute atomic E-state index is 14.8. The zero-order chi connectivity index (χ0) is 19.8. The van der Waals surface area contributed by atoms with E-state index in [1.54, 1.807) is 12.3 Å². The molecule has 0 aromatic heterocycles. The Morgan fingerprint density at radius 2 is 1.89 bits per heavy atom. The maximum atomic E-state index is 14.8. The Bertz CT molecular complexity index is 837. The molecule has 2 aromatic carbocycles. The first-order valence-electron chi connectivity index (χ1n) is 9.65. The number of nitrogens with zero attached hydrogens (tertiary/aromatic N) is 3. The average molecular weight is 368 g/mol. The van der Waals surface area contributed by atoms with Crippen LogP contribution in [0.15, 0.2) is 41.4 Å². The summed E-state index contributed by atoms with van der Waals surface area (Å²) in [6.07, 6.45) is 2.70. The van der Waals surface area contributed by atoms with Crippen molar-refractivity contribution in [1.29, 1.82) is 0 Å². The summed E-state index contributed by atoms with van der Waals surface area (Å²) in [6, 6.07) is 11.6. The second-order valence-corrected chi connectivity index (χ2v) is 8.26. The van der Waals surface area contributed by atoms with Crippen molar-refractivity contribution in [2.24, 2.45) is 4.99 Å². The third-order valence-electron chi connectivity index (χ3n) is 5.54. The number of halogens is 1. The fourth-order valence-electron chi connectivity index (χ4n) is 4.20. The van der Waals surface area contributed by atoms with Gasteiger partial charge in [-0.1, -0.05) is 6.92 Å². The largest absolute Gasteiger partial charge is 0.378 e. The molecule has 1 aliphatic heterocycles. The summed E-state index contributed by atoms with van der Waals surface area (Å²) in [7, 11) is 4.01. The van der Waals surface area contributed by atoms with Gasteiger partial charge in [0, 0.05) is 49.3 Å². The fraction of sp³-hybridized carbons (Fsp3) is 0.435. The van der Waals surface area contributed by atoms with Gasteiger partial charge in [-0.3, -0.25) is 4.99 Å². The zero-order valence-electron chi connectivity index (χ0n) is 17.3. The van der Waals surface area contributed by atoms with Crippen molar-refractivity contribution in [3.63, 3.8) is 0 Å². The van der Waals surface area contributed by atoms with Gasteiger partial charge in [0.2, 0.25) is 0 Å². The van der Waals surface area contributed by atoms with E-state index in [0.717, 1.165) is 30.0 Å². The lowest BCUT2D eigenvalue weighted by molar-refractivity contribution is 0.380. The standard InChI is InChI=1S/C23H30FN3/c1-7-27-22-13-21(24)17(12-20(22)16(2)14-23(27,3)4)15-25-18-8-10-19(11-9-18)26(5)6/h8-13,15-16H,7,14H2,1-6H3. The summed E-state index contributed by atoms with van der Waals surface area (Å²) in [6.45, 7) is 9.71. The van der Waals surface area contributed by atoms with Gasteiger partial charge < -0.3 is 9.80 Å². The Morgan fingerprint density at radius 3 is 2.48 bits per heavy atom. The van der Waals surface area contributed by atoms with Crippen LogP contribution in [0.1, 0.15) is 51.2 Å². The highest BCUT2D eigenvalue weighted by Crippen LogP contribution is 2.43. The van der Waals surface area contributed by atoms with Crippen LogP contribution in [0.25, 0.3) is 0 Å². The molecule has 0 amide bonds. The van der Waals surface area contributed by atoms with E-state index < -0.39 is 0 Å². The molecule has 0 aliphatic carbocycles. The van der Waals surface area contributed by atoms with Crippen LogP contribution in [0.3, 0.4) is 0 Å². The average Bonchev–Trinajstić information content (AvgIpc) is 2.60. The van der Waals surface area contributed by atoms with E-state index in [-0.39, 0.29) is 11.4 Å². The number of aliphatic imine (C=N–C) groups is 1. The van der Waals surface area contributed by atoms with Gasteiger partial charge in [0.15, 0.2) is 0 Å². The van der Waals surface area contributed by atoms with Gasteiger partial charge in [-0.25, -0.2) is 4.39 Å². The van der Waals surface area contributed by atoms with Gasteiger partial charge in [-0.05, 0) is 75.1 Å². The third kappa shape index (κ3) is 3.85. The molecular weight excluding hydrogens is 337 g/mol. The van der Waals surface area contributed by atoms with Crippen molar-refractivity contribution < 1.29 is 4.39 Å². The molecule has 3 nitrogen and oxygen atoms in total. The highest BCUT2D eigenvalue weighted by molar-refractivity contribution is 5.84. The quantitative estimate of drug-likeness (QED) is 0.640. The van der Waals surface area contributed by atoms with Gasteiger partial charge >= 0.3 is 0 Å². The monoisotopic (exact) mass is 367 g/mol. The van der Waals surface area contributed by atoms with E-state index >= 15 is 0 Å². The first kappa shape index (κ1) is 19.4. The lowest BCUT2D eigenvalue weighted by Gasteiger charge is -2.47. The molecule has 1 unspecified atom stereocenters. The molecule has 1 aliphatic rings. The minimum absolute atomic E-state index is 0.0391. The Kier molecular flexibility index (Phi) is 5.27. The molecule has 3 rings (SSSR count). The summed E-state index contributed by atoms with van der Waals surface area (Å²) in [5.41, 5.74) is 4.76. The molecular formula is C23H30FN3. The summed E-state index contributed by atoms with van der Waals surface area (Å²) in [4.78, 5) is 8.83.